The first-order valence-electron chi connectivity index (χ1n) is 6.90. The molecule has 0 saturated carbocycles. The molecule has 0 radical (unpaired) electrons. The van der Waals surface area contributed by atoms with E-state index in [1.54, 1.807) is 11.1 Å². The summed E-state index contributed by atoms with van der Waals surface area (Å²) in [5, 5.41) is 0. The third kappa shape index (κ3) is 7.62. The van der Waals surface area contributed by atoms with Crippen molar-refractivity contribution in [3.63, 3.8) is 0 Å². The molecule has 0 saturated heterocycles. The molecule has 20 heavy (non-hydrogen) atoms. The van der Waals surface area contributed by atoms with Gasteiger partial charge in [0.2, 0.25) is 0 Å². The van der Waals surface area contributed by atoms with Gasteiger partial charge in [0.15, 0.2) is 0 Å². The van der Waals surface area contributed by atoms with E-state index < -0.39 is 0 Å². The minimum Gasteiger partial charge on any atom is -1.00 e. The van der Waals surface area contributed by atoms with Gasteiger partial charge in [0, 0.05) is 0 Å². The van der Waals surface area contributed by atoms with E-state index in [0.29, 0.717) is 0 Å². The minimum absolute atomic E-state index is 0. The number of aryl methyl sites for hydroxylation is 2. The summed E-state index contributed by atoms with van der Waals surface area (Å²) in [6.07, 6.45) is 16.5. The van der Waals surface area contributed by atoms with Crippen LogP contribution in [0.4, 0.5) is 0 Å². The predicted octanol–water partition coefficient (Wildman–Crippen LogP) is -1.23. The first kappa shape index (κ1) is 22.9. The average molecular weight is 477 g/mol. The van der Waals surface area contributed by atoms with E-state index in [4.69, 9.17) is 0 Å². The van der Waals surface area contributed by atoms with Crippen molar-refractivity contribution in [1.29, 1.82) is 0 Å². The van der Waals surface area contributed by atoms with Crippen molar-refractivity contribution in [2.45, 2.75) is 51.9 Å². The standard InChI is InChI=1S/C9H11.C8H11.2BrH.Zr/c1-2-5-9-7-3-6-8(9)4-1;1-2-5-8-6-3-4-7-8;;;/h3,6-7H,1-2,4-5H2;3,6H,2,4-5H2,1H3;2*1H;/q2*-1;;;+4/p-2. The van der Waals surface area contributed by atoms with Crippen LogP contribution in [0.2, 0.25) is 0 Å². The van der Waals surface area contributed by atoms with Crippen molar-refractivity contribution in [2.24, 2.45) is 0 Å². The molecule has 1 aromatic rings. The summed E-state index contributed by atoms with van der Waals surface area (Å²) >= 11 is 0. The Labute approximate surface area is 164 Å². The number of fused-ring (bicyclic) bond motifs is 1. The summed E-state index contributed by atoms with van der Waals surface area (Å²) in [5.74, 6) is 0. The van der Waals surface area contributed by atoms with Gasteiger partial charge in [-0.2, -0.15) is 29.3 Å². The molecule has 0 heterocycles. The van der Waals surface area contributed by atoms with E-state index in [-0.39, 0.29) is 60.2 Å². The SMILES string of the molecule is CCCC1=[C-]CC=C1.[Br-].[Br-].[Zr+4].c1cc2c([cH-]1)CCCC2. The first-order chi connectivity index (χ1) is 8.40. The molecular formula is C17H22Br2Zr. The maximum absolute atomic E-state index is 3.26. The Morgan fingerprint density at radius 3 is 2.55 bits per heavy atom. The summed E-state index contributed by atoms with van der Waals surface area (Å²) in [5.41, 5.74) is 4.59. The van der Waals surface area contributed by atoms with E-state index >= 15 is 0 Å². The van der Waals surface area contributed by atoms with Crippen LogP contribution < -0.4 is 34.0 Å². The van der Waals surface area contributed by atoms with Crippen molar-refractivity contribution < 1.29 is 60.2 Å². The Bertz CT molecular complexity index is 384. The largest absolute Gasteiger partial charge is 4.00 e. The summed E-state index contributed by atoms with van der Waals surface area (Å²) in [6, 6.07) is 6.69. The van der Waals surface area contributed by atoms with Gasteiger partial charge < -0.3 is 34.0 Å². The number of hydrogen-bond donors (Lipinski definition) is 0. The molecule has 0 atom stereocenters. The normalized spacial score (nSPS) is 14.6. The molecule has 0 unspecified atom stereocenters. The van der Waals surface area contributed by atoms with Gasteiger partial charge in [0.05, 0.1) is 0 Å². The van der Waals surface area contributed by atoms with Crippen molar-refractivity contribution in [3.05, 3.63) is 53.1 Å². The quantitative estimate of drug-likeness (QED) is 0.468. The molecule has 0 amide bonds. The fourth-order valence-electron chi connectivity index (χ4n) is 2.50. The molecule has 1 aromatic carbocycles. The molecule has 3 heteroatoms. The minimum atomic E-state index is 0. The second-order valence-electron chi connectivity index (χ2n) is 4.84. The molecule has 2 aliphatic carbocycles. The van der Waals surface area contributed by atoms with Crippen LogP contribution >= 0.6 is 0 Å². The zero-order valence-electron chi connectivity index (χ0n) is 12.1. The molecular weight excluding hydrogens is 455 g/mol. The Morgan fingerprint density at radius 2 is 1.95 bits per heavy atom. The van der Waals surface area contributed by atoms with Gasteiger partial charge >= 0.3 is 26.2 Å². The van der Waals surface area contributed by atoms with Crippen molar-refractivity contribution in [1.82, 2.24) is 0 Å². The van der Waals surface area contributed by atoms with Gasteiger partial charge in [-0.1, -0.05) is 45.4 Å². The van der Waals surface area contributed by atoms with Gasteiger partial charge in [-0.05, 0) is 0 Å². The maximum Gasteiger partial charge on any atom is 4.00 e. The van der Waals surface area contributed by atoms with Crippen LogP contribution in [0.25, 0.3) is 0 Å². The van der Waals surface area contributed by atoms with E-state index in [0.717, 1.165) is 6.42 Å². The Hall–Kier alpha value is 0.673. The van der Waals surface area contributed by atoms with Crippen molar-refractivity contribution in [2.75, 3.05) is 0 Å². The number of allylic oxidation sites excluding steroid dienone is 4. The van der Waals surface area contributed by atoms with Gasteiger partial charge in [-0.3, -0.25) is 6.08 Å². The topological polar surface area (TPSA) is 0 Å². The van der Waals surface area contributed by atoms with Gasteiger partial charge in [-0.15, -0.1) is 6.42 Å². The zero-order chi connectivity index (χ0) is 11.9. The van der Waals surface area contributed by atoms with Crippen LogP contribution in [0.15, 0.2) is 35.9 Å². The summed E-state index contributed by atoms with van der Waals surface area (Å²) < 4.78 is 0. The van der Waals surface area contributed by atoms with Crippen LogP contribution in [-0.2, 0) is 39.0 Å². The van der Waals surface area contributed by atoms with E-state index in [1.807, 2.05) is 0 Å². The Morgan fingerprint density at radius 1 is 1.20 bits per heavy atom. The molecule has 0 nitrogen and oxygen atoms in total. The molecule has 0 bridgehead atoms. The maximum atomic E-state index is 3.26. The third-order valence-corrected chi connectivity index (χ3v) is 3.43. The van der Waals surface area contributed by atoms with Crippen LogP contribution in [-0.4, -0.2) is 0 Å². The molecule has 2 aliphatic rings. The second-order valence-corrected chi connectivity index (χ2v) is 4.84. The summed E-state index contributed by atoms with van der Waals surface area (Å²) in [6.45, 7) is 2.20. The first-order valence-corrected chi connectivity index (χ1v) is 6.90. The van der Waals surface area contributed by atoms with Gasteiger partial charge in [0.1, 0.15) is 0 Å². The summed E-state index contributed by atoms with van der Waals surface area (Å²) in [4.78, 5) is 0. The van der Waals surface area contributed by atoms with Crippen LogP contribution in [0.1, 0.15) is 50.2 Å². The fraction of sp³-hybridized carbons (Fsp3) is 0.471. The molecule has 0 aromatic heterocycles. The number of rotatable bonds is 2. The smallest absolute Gasteiger partial charge is 1.00 e. The zero-order valence-corrected chi connectivity index (χ0v) is 17.7. The molecule has 0 spiro atoms. The van der Waals surface area contributed by atoms with E-state index in [9.17, 15) is 0 Å². The third-order valence-electron chi connectivity index (χ3n) is 3.43. The molecule has 0 N–H and O–H groups in total. The predicted molar refractivity (Wildman–Crippen MR) is 74.1 cm³/mol. The summed E-state index contributed by atoms with van der Waals surface area (Å²) in [7, 11) is 0. The second kappa shape index (κ2) is 13.3. The van der Waals surface area contributed by atoms with Crippen molar-refractivity contribution in [3.8, 4) is 0 Å². The van der Waals surface area contributed by atoms with Crippen LogP contribution in [0, 0.1) is 6.08 Å². The Kier molecular flexibility index (Phi) is 15.3. The molecule has 108 valence electrons. The average Bonchev–Trinajstić information content (AvgIpc) is 3.00. The molecule has 0 aliphatic heterocycles. The number of halogens is 2. The monoisotopic (exact) mass is 474 g/mol. The van der Waals surface area contributed by atoms with Gasteiger partial charge in [-0.25, -0.2) is 17.7 Å². The van der Waals surface area contributed by atoms with Gasteiger partial charge in [0.25, 0.3) is 0 Å². The van der Waals surface area contributed by atoms with E-state index in [1.165, 1.54) is 44.1 Å². The number of hydrogen-bond acceptors (Lipinski definition) is 0. The molecule has 0 fully saturated rings. The fourth-order valence-corrected chi connectivity index (χ4v) is 2.50. The van der Waals surface area contributed by atoms with E-state index in [2.05, 4.69) is 43.4 Å². The van der Waals surface area contributed by atoms with Crippen LogP contribution in [0.3, 0.4) is 0 Å². The van der Waals surface area contributed by atoms with Crippen LogP contribution in [0.5, 0.6) is 0 Å². The van der Waals surface area contributed by atoms with Crippen molar-refractivity contribution >= 4 is 0 Å². The Balaban J connectivity index is 0. The molecule has 3 rings (SSSR count).